The molecule has 0 saturated heterocycles. The van der Waals surface area contributed by atoms with E-state index in [-0.39, 0.29) is 11.4 Å². The summed E-state index contributed by atoms with van der Waals surface area (Å²) in [5.74, 6) is -2.52. The molecule has 0 saturated carbocycles. The fraction of sp³-hybridized carbons (Fsp3) is 0. The predicted molar refractivity (Wildman–Crippen MR) is 67.5 cm³/mol. The Morgan fingerprint density at radius 3 is 2.47 bits per heavy atom. The molecule has 19 heavy (non-hydrogen) atoms. The Bertz CT molecular complexity index is 835. The van der Waals surface area contributed by atoms with E-state index in [0.29, 0.717) is 10.9 Å². The number of H-pyrrole nitrogens is 1. The summed E-state index contributed by atoms with van der Waals surface area (Å²) in [6, 6.07) is 8.58. The van der Waals surface area contributed by atoms with Crippen LogP contribution in [-0.2, 0) is 0 Å². The predicted octanol–water partition coefficient (Wildman–Crippen LogP) is 2.11. The smallest absolute Gasteiger partial charge is 0.356 e. The maximum absolute atomic E-state index is 11.2. The minimum absolute atomic E-state index is 0.283. The molecule has 0 aliphatic rings. The molecule has 6 heteroatoms. The van der Waals surface area contributed by atoms with Crippen molar-refractivity contribution in [3.8, 4) is 0 Å². The lowest BCUT2D eigenvalue weighted by Gasteiger charge is -1.99. The van der Waals surface area contributed by atoms with Crippen molar-refractivity contribution < 1.29 is 19.8 Å². The van der Waals surface area contributed by atoms with Gasteiger partial charge in [0.15, 0.2) is 5.69 Å². The molecule has 0 aliphatic heterocycles. The number of carbonyl (C=O) groups is 2. The molecule has 0 amide bonds. The Hall–Kier alpha value is -2.89. The van der Waals surface area contributed by atoms with Gasteiger partial charge in [-0.3, -0.25) is 0 Å². The lowest BCUT2D eigenvalue weighted by Crippen LogP contribution is -2.08. The van der Waals surface area contributed by atoms with E-state index >= 15 is 0 Å². The van der Waals surface area contributed by atoms with Crippen molar-refractivity contribution in [2.75, 3.05) is 0 Å². The first kappa shape index (κ1) is 11.2. The maximum Gasteiger partial charge on any atom is 0.356 e. The zero-order chi connectivity index (χ0) is 13.6. The van der Waals surface area contributed by atoms with E-state index in [4.69, 9.17) is 10.2 Å². The van der Waals surface area contributed by atoms with Gasteiger partial charge in [-0.15, -0.1) is 0 Å². The zero-order valence-corrected chi connectivity index (χ0v) is 9.54. The van der Waals surface area contributed by atoms with Crippen LogP contribution < -0.4 is 0 Å². The highest BCUT2D eigenvalue weighted by atomic mass is 16.4. The number of rotatable bonds is 2. The van der Waals surface area contributed by atoms with Gasteiger partial charge in [-0.25, -0.2) is 14.6 Å². The number of pyridine rings is 1. The van der Waals surface area contributed by atoms with E-state index in [1.807, 2.05) is 6.07 Å². The molecular weight excluding hydrogens is 248 g/mol. The number of nitrogens with zero attached hydrogens (tertiary/aromatic N) is 1. The summed E-state index contributed by atoms with van der Waals surface area (Å²) in [6.45, 7) is 0. The molecular formula is C13H8N2O4. The zero-order valence-electron chi connectivity index (χ0n) is 9.54. The van der Waals surface area contributed by atoms with Gasteiger partial charge < -0.3 is 15.2 Å². The number of aromatic nitrogens is 2. The molecule has 94 valence electrons. The van der Waals surface area contributed by atoms with E-state index in [9.17, 15) is 9.59 Å². The highest BCUT2D eigenvalue weighted by Crippen LogP contribution is 2.27. The van der Waals surface area contributed by atoms with E-state index in [1.165, 1.54) is 6.07 Å². The summed E-state index contributed by atoms with van der Waals surface area (Å²) in [4.78, 5) is 28.8. The average molecular weight is 256 g/mol. The summed E-state index contributed by atoms with van der Waals surface area (Å²) in [5, 5.41) is 19.4. The second kappa shape index (κ2) is 3.81. The third-order valence-corrected chi connectivity index (χ3v) is 2.92. The molecule has 3 rings (SSSR count). The Kier molecular flexibility index (Phi) is 2.25. The first-order valence-corrected chi connectivity index (χ1v) is 5.46. The third kappa shape index (κ3) is 1.61. The Morgan fingerprint density at radius 1 is 1.05 bits per heavy atom. The topological polar surface area (TPSA) is 103 Å². The third-order valence-electron chi connectivity index (χ3n) is 2.92. The van der Waals surface area contributed by atoms with Crippen molar-refractivity contribution in [2.24, 2.45) is 0 Å². The number of benzene rings is 1. The SMILES string of the molecule is O=C(O)c1cc2c([nH]c3ccccc32)c(C(=O)O)n1. The van der Waals surface area contributed by atoms with Gasteiger partial charge in [0.05, 0.1) is 5.52 Å². The minimum atomic E-state index is -1.26. The number of hydrogen-bond acceptors (Lipinski definition) is 3. The highest BCUT2D eigenvalue weighted by Gasteiger charge is 2.18. The summed E-state index contributed by atoms with van der Waals surface area (Å²) < 4.78 is 0. The van der Waals surface area contributed by atoms with Crippen LogP contribution in [0.5, 0.6) is 0 Å². The van der Waals surface area contributed by atoms with Gasteiger partial charge in [-0.1, -0.05) is 18.2 Å². The first-order chi connectivity index (χ1) is 9.08. The molecule has 2 aromatic heterocycles. The summed E-state index contributed by atoms with van der Waals surface area (Å²) in [6.07, 6.45) is 0. The standard InChI is InChI=1S/C13H8N2O4/c16-12(17)9-5-7-6-3-1-2-4-8(6)14-10(7)11(15-9)13(18)19/h1-5,14H,(H,16,17)(H,18,19). The fourth-order valence-electron chi connectivity index (χ4n) is 2.11. The molecule has 1 aromatic carbocycles. The number of carboxylic acids is 2. The molecule has 0 spiro atoms. The number of para-hydroxylation sites is 1. The maximum atomic E-state index is 11.2. The molecule has 3 aromatic rings. The van der Waals surface area contributed by atoms with Gasteiger partial charge in [-0.05, 0) is 12.1 Å². The molecule has 0 atom stereocenters. The van der Waals surface area contributed by atoms with Crippen LogP contribution in [0.3, 0.4) is 0 Å². The van der Waals surface area contributed by atoms with Gasteiger partial charge in [0.1, 0.15) is 5.69 Å². The normalized spacial score (nSPS) is 10.9. The minimum Gasteiger partial charge on any atom is -0.477 e. The van der Waals surface area contributed by atoms with Gasteiger partial charge in [0.2, 0.25) is 0 Å². The van der Waals surface area contributed by atoms with E-state index < -0.39 is 11.9 Å². The summed E-state index contributed by atoms with van der Waals surface area (Å²) in [7, 11) is 0. The van der Waals surface area contributed by atoms with Gasteiger partial charge in [0, 0.05) is 16.3 Å². The first-order valence-electron chi connectivity index (χ1n) is 5.46. The fourth-order valence-corrected chi connectivity index (χ4v) is 2.11. The number of nitrogens with one attached hydrogen (secondary N) is 1. The molecule has 3 N–H and O–H groups in total. The monoisotopic (exact) mass is 256 g/mol. The van der Waals surface area contributed by atoms with Crippen LogP contribution in [0.2, 0.25) is 0 Å². The molecule has 0 unspecified atom stereocenters. The van der Waals surface area contributed by atoms with Crippen LogP contribution >= 0.6 is 0 Å². The van der Waals surface area contributed by atoms with Gasteiger partial charge in [0.25, 0.3) is 0 Å². The second-order valence-electron chi connectivity index (χ2n) is 4.06. The van der Waals surface area contributed by atoms with Gasteiger partial charge >= 0.3 is 11.9 Å². The Balaban J connectivity index is 2.52. The Morgan fingerprint density at radius 2 is 1.79 bits per heavy atom. The van der Waals surface area contributed by atoms with E-state index in [1.54, 1.807) is 18.2 Å². The summed E-state index contributed by atoms with van der Waals surface area (Å²) >= 11 is 0. The van der Waals surface area contributed by atoms with Crippen molar-refractivity contribution in [2.45, 2.75) is 0 Å². The van der Waals surface area contributed by atoms with Crippen LogP contribution in [-0.4, -0.2) is 32.1 Å². The average Bonchev–Trinajstić information content (AvgIpc) is 2.75. The van der Waals surface area contributed by atoms with Crippen LogP contribution in [0.15, 0.2) is 30.3 Å². The van der Waals surface area contributed by atoms with Crippen molar-refractivity contribution >= 4 is 33.7 Å². The van der Waals surface area contributed by atoms with Crippen molar-refractivity contribution in [3.05, 3.63) is 41.7 Å². The van der Waals surface area contributed by atoms with E-state index in [2.05, 4.69) is 9.97 Å². The van der Waals surface area contributed by atoms with Gasteiger partial charge in [-0.2, -0.15) is 0 Å². The molecule has 0 aliphatic carbocycles. The number of aromatic amines is 1. The molecule has 0 bridgehead atoms. The second-order valence-corrected chi connectivity index (χ2v) is 4.06. The molecule has 6 nitrogen and oxygen atoms in total. The largest absolute Gasteiger partial charge is 0.477 e. The van der Waals surface area contributed by atoms with Crippen LogP contribution in [0.25, 0.3) is 21.8 Å². The highest BCUT2D eigenvalue weighted by molar-refractivity contribution is 6.14. The lowest BCUT2D eigenvalue weighted by molar-refractivity contribution is 0.0687. The molecule has 0 radical (unpaired) electrons. The van der Waals surface area contributed by atoms with Crippen LogP contribution in [0.4, 0.5) is 0 Å². The quantitative estimate of drug-likeness (QED) is 0.651. The van der Waals surface area contributed by atoms with Crippen molar-refractivity contribution in [3.63, 3.8) is 0 Å². The van der Waals surface area contributed by atoms with E-state index in [0.717, 1.165) is 10.9 Å². The number of hydrogen-bond donors (Lipinski definition) is 3. The lowest BCUT2D eigenvalue weighted by atomic mass is 10.1. The number of fused-ring (bicyclic) bond motifs is 3. The molecule has 0 fully saturated rings. The number of carboxylic acid groups (broad SMARTS) is 2. The Labute approximate surface area is 106 Å². The summed E-state index contributed by atoms with van der Waals surface area (Å²) in [5.41, 5.74) is 0.504. The van der Waals surface area contributed by atoms with Crippen LogP contribution in [0.1, 0.15) is 21.0 Å². The molecule has 2 heterocycles. The van der Waals surface area contributed by atoms with Crippen molar-refractivity contribution in [1.82, 2.24) is 9.97 Å². The van der Waals surface area contributed by atoms with Crippen LogP contribution in [0, 0.1) is 0 Å². The van der Waals surface area contributed by atoms with Crippen molar-refractivity contribution in [1.29, 1.82) is 0 Å². The number of aromatic carboxylic acids is 2.